The van der Waals surface area contributed by atoms with Gasteiger partial charge in [0.1, 0.15) is 0 Å². The fourth-order valence-corrected chi connectivity index (χ4v) is 8.65. The Morgan fingerprint density at radius 3 is 1.19 bits per heavy atom. The quantitative estimate of drug-likeness (QED) is 0.412. The van der Waals surface area contributed by atoms with E-state index in [1.807, 2.05) is 0 Å². The molecule has 0 radical (unpaired) electrons. The summed E-state index contributed by atoms with van der Waals surface area (Å²) < 4.78 is 0. The Kier molecular flexibility index (Phi) is 12.0. The molecule has 0 fully saturated rings. The zero-order chi connectivity index (χ0) is 16.6. The summed E-state index contributed by atoms with van der Waals surface area (Å²) in [6.45, 7) is 22.0. The molecule has 21 heavy (non-hydrogen) atoms. The van der Waals surface area contributed by atoms with Crippen LogP contribution in [0.3, 0.4) is 0 Å². The average Bonchev–Trinajstić information content (AvgIpc) is 2.35. The Bertz CT molecular complexity index is 221. The predicted molar refractivity (Wildman–Crippen MR) is 111 cm³/mol. The van der Waals surface area contributed by atoms with Gasteiger partial charge < -0.3 is 4.81 Å². The van der Waals surface area contributed by atoms with Crippen molar-refractivity contribution < 1.29 is 0 Å². The maximum Gasteiger partial charge on any atom is 0.161 e. The first-order valence-electron chi connectivity index (χ1n) is 8.94. The first-order valence-corrected chi connectivity index (χ1v) is 12.3. The van der Waals surface area contributed by atoms with Crippen molar-refractivity contribution in [2.24, 2.45) is 0 Å². The highest BCUT2D eigenvalue weighted by molar-refractivity contribution is 7.59. The summed E-state index contributed by atoms with van der Waals surface area (Å²) in [6.07, 6.45) is 2.86. The minimum Gasteiger partial charge on any atom is -0.352 e. The van der Waals surface area contributed by atoms with Gasteiger partial charge in [0.25, 0.3) is 0 Å². The van der Waals surface area contributed by atoms with E-state index in [4.69, 9.17) is 0 Å². The molecule has 0 saturated heterocycles. The first-order chi connectivity index (χ1) is 9.70. The molecular weight excluding hydrogens is 290 g/mol. The third kappa shape index (κ3) is 8.98. The largest absolute Gasteiger partial charge is 0.352 e. The summed E-state index contributed by atoms with van der Waals surface area (Å²) in [6, 6.07) is 0. The predicted octanol–water partition coefficient (Wildman–Crippen LogP) is 3.79. The van der Waals surface area contributed by atoms with Crippen LogP contribution in [-0.2, 0) is 0 Å². The summed E-state index contributed by atoms with van der Waals surface area (Å²) in [5, 5.41) is 0. The molecule has 0 heterocycles. The molecule has 5 heteroatoms. The maximum atomic E-state index is 2.71. The Balaban J connectivity index is 4.33. The van der Waals surface area contributed by atoms with Gasteiger partial charge in [0.05, 0.1) is 7.74 Å². The summed E-state index contributed by atoms with van der Waals surface area (Å²) >= 11 is 0. The van der Waals surface area contributed by atoms with Crippen LogP contribution in [0, 0.1) is 0 Å². The van der Waals surface area contributed by atoms with Crippen LogP contribution >= 0.6 is 15.8 Å². The van der Waals surface area contributed by atoms with Gasteiger partial charge in [0.2, 0.25) is 0 Å². The molecule has 0 aliphatic carbocycles. The van der Waals surface area contributed by atoms with Crippen molar-refractivity contribution in [1.29, 1.82) is 0 Å². The van der Waals surface area contributed by atoms with E-state index >= 15 is 0 Å². The van der Waals surface area contributed by atoms with E-state index in [1.165, 1.54) is 32.7 Å². The number of hydrogen-bond donors (Lipinski definition) is 0. The second kappa shape index (κ2) is 11.5. The van der Waals surface area contributed by atoms with Crippen molar-refractivity contribution in [3.05, 3.63) is 0 Å². The van der Waals surface area contributed by atoms with Gasteiger partial charge in [0.15, 0.2) is 7.31 Å². The molecule has 0 rings (SSSR count). The molecule has 0 aromatic heterocycles. The van der Waals surface area contributed by atoms with E-state index < -0.39 is 0 Å². The Hall–Kier alpha value is 0.950. The van der Waals surface area contributed by atoms with Gasteiger partial charge in [-0.3, -0.25) is 0 Å². The van der Waals surface area contributed by atoms with Gasteiger partial charge >= 0.3 is 0 Å². The first kappa shape index (κ1) is 21.9. The molecule has 0 aromatic rings. The average molecular weight is 329 g/mol. The van der Waals surface area contributed by atoms with Crippen LogP contribution in [0.1, 0.15) is 55.4 Å². The lowest BCUT2D eigenvalue weighted by Gasteiger charge is -2.32. The third-order valence-electron chi connectivity index (χ3n) is 4.45. The van der Waals surface area contributed by atoms with Crippen molar-refractivity contribution in [2.45, 2.75) is 78.0 Å². The molecular formula is C16H39B2NP2. The van der Waals surface area contributed by atoms with Gasteiger partial charge in [0, 0.05) is 0 Å². The zero-order valence-electron chi connectivity index (χ0n) is 16.2. The highest BCUT2D eigenvalue weighted by Crippen LogP contribution is 2.46. The molecule has 1 nitrogen and oxygen atoms in total. The molecule has 0 unspecified atom stereocenters. The standard InChI is InChI=1S/C16H39B2NP2/c1-13(2)20(14(3)4)11-9-19(18-17)10-12-21(15(5)6)16(7)8/h13-16,18H,9-12,17H2,1-8H3. The van der Waals surface area contributed by atoms with Crippen molar-refractivity contribution in [2.75, 3.05) is 25.4 Å². The molecule has 0 bridgehead atoms. The van der Waals surface area contributed by atoms with Crippen LogP contribution in [0.5, 0.6) is 0 Å². The van der Waals surface area contributed by atoms with Crippen molar-refractivity contribution in [1.82, 2.24) is 4.81 Å². The molecule has 0 aromatic carbocycles. The lowest BCUT2D eigenvalue weighted by molar-refractivity contribution is 0.505. The number of rotatable bonds is 11. The monoisotopic (exact) mass is 329 g/mol. The van der Waals surface area contributed by atoms with Gasteiger partial charge in [-0.05, 0) is 48.0 Å². The second-order valence-electron chi connectivity index (χ2n) is 7.28. The number of nitrogens with zero attached hydrogens (tertiary/aromatic N) is 1. The van der Waals surface area contributed by atoms with Crippen LogP contribution in [-0.4, -0.2) is 67.9 Å². The van der Waals surface area contributed by atoms with Crippen LogP contribution in [0.25, 0.3) is 0 Å². The lowest BCUT2D eigenvalue weighted by atomic mass is 9.65. The molecule has 0 atom stereocenters. The highest BCUT2D eigenvalue weighted by Gasteiger charge is 2.20. The molecule has 0 saturated carbocycles. The van der Waals surface area contributed by atoms with E-state index in [0.717, 1.165) is 22.6 Å². The molecule has 0 spiro atoms. The third-order valence-corrected chi connectivity index (χ3v) is 11.2. The van der Waals surface area contributed by atoms with Gasteiger partial charge in [-0.15, -0.1) is 15.8 Å². The molecule has 124 valence electrons. The minimum absolute atomic E-state index is 0.196. The topological polar surface area (TPSA) is 3.24 Å². The van der Waals surface area contributed by atoms with Crippen LogP contribution in [0.2, 0.25) is 0 Å². The summed E-state index contributed by atoms with van der Waals surface area (Å²) in [5.74, 6) is 0. The van der Waals surface area contributed by atoms with Crippen molar-refractivity contribution in [3.63, 3.8) is 0 Å². The van der Waals surface area contributed by atoms with E-state index in [2.05, 4.69) is 67.9 Å². The minimum atomic E-state index is 0.196. The van der Waals surface area contributed by atoms with E-state index in [1.54, 1.807) is 0 Å². The van der Waals surface area contributed by atoms with E-state index in [0.29, 0.717) is 0 Å². The normalized spacial score (nSPS) is 12.9. The summed E-state index contributed by atoms with van der Waals surface area (Å²) in [7, 11) is 3.95. The van der Waals surface area contributed by atoms with Gasteiger partial charge in [-0.25, -0.2) is 0 Å². The maximum absolute atomic E-state index is 2.71. The molecule has 0 amide bonds. The number of hydrogen-bond acceptors (Lipinski definition) is 1. The zero-order valence-corrected chi connectivity index (χ0v) is 18.0. The fraction of sp³-hybridized carbons (Fsp3) is 1.00. The van der Waals surface area contributed by atoms with E-state index in [9.17, 15) is 0 Å². The SMILES string of the molecule is BBN(CCP(C(C)C)C(C)C)CCP(C(C)C)C(C)C. The Morgan fingerprint density at radius 1 is 0.714 bits per heavy atom. The molecule has 0 aliphatic rings. The molecule has 0 aliphatic heterocycles. The highest BCUT2D eigenvalue weighted by atomic mass is 31.1. The Morgan fingerprint density at radius 2 is 1.00 bits per heavy atom. The summed E-state index contributed by atoms with van der Waals surface area (Å²) in [5.41, 5.74) is 3.51. The van der Waals surface area contributed by atoms with Crippen molar-refractivity contribution >= 4 is 30.9 Å². The fourth-order valence-electron chi connectivity index (χ4n) is 3.17. The van der Waals surface area contributed by atoms with E-state index in [-0.39, 0.29) is 15.8 Å². The van der Waals surface area contributed by atoms with Crippen LogP contribution < -0.4 is 0 Å². The second-order valence-corrected chi connectivity index (χ2v) is 14.4. The lowest BCUT2D eigenvalue weighted by Crippen LogP contribution is -2.34. The smallest absolute Gasteiger partial charge is 0.161 e. The summed E-state index contributed by atoms with van der Waals surface area (Å²) in [4.78, 5) is 2.71. The van der Waals surface area contributed by atoms with Crippen LogP contribution in [0.15, 0.2) is 0 Å². The Labute approximate surface area is 139 Å². The molecule has 0 N–H and O–H groups in total. The van der Waals surface area contributed by atoms with Gasteiger partial charge in [-0.2, -0.15) is 0 Å². The van der Waals surface area contributed by atoms with Crippen LogP contribution in [0.4, 0.5) is 0 Å². The van der Waals surface area contributed by atoms with Gasteiger partial charge in [-0.1, -0.05) is 55.4 Å². The van der Waals surface area contributed by atoms with Crippen molar-refractivity contribution in [3.8, 4) is 0 Å².